The molecule has 0 spiro atoms. The third-order valence-corrected chi connectivity index (χ3v) is 2.99. The third-order valence-electron chi connectivity index (χ3n) is 2.99. The van der Waals surface area contributed by atoms with Crippen LogP contribution in [0.25, 0.3) is 0 Å². The Bertz CT molecular complexity index is 620. The Labute approximate surface area is 117 Å². The van der Waals surface area contributed by atoms with Gasteiger partial charge in [0.15, 0.2) is 11.5 Å². The molecular weight excluding hydrogens is 259 g/mol. The first-order chi connectivity index (χ1) is 9.52. The number of methoxy groups -OCH3 is 1. The second-order valence-corrected chi connectivity index (χ2v) is 4.83. The van der Waals surface area contributed by atoms with E-state index < -0.39 is 0 Å². The standard InChI is InChI=1S/C15H17FN2O2/c1-10(2)18-15(14(20-3)9-17-18)13(19)8-11-5-4-6-12(16)7-11/h4-7,9-10H,8H2,1-3H3. The topological polar surface area (TPSA) is 44.1 Å². The van der Waals surface area contributed by atoms with E-state index in [9.17, 15) is 9.18 Å². The lowest BCUT2D eigenvalue weighted by Crippen LogP contribution is -2.15. The molecule has 0 unspecified atom stereocenters. The molecule has 2 rings (SSSR count). The summed E-state index contributed by atoms with van der Waals surface area (Å²) in [5.41, 5.74) is 1.06. The average molecular weight is 276 g/mol. The van der Waals surface area contributed by atoms with Gasteiger partial charge >= 0.3 is 0 Å². The number of hydrogen-bond donors (Lipinski definition) is 0. The van der Waals surface area contributed by atoms with Gasteiger partial charge in [0.2, 0.25) is 0 Å². The van der Waals surface area contributed by atoms with Gasteiger partial charge in [-0.25, -0.2) is 4.39 Å². The number of hydrogen-bond acceptors (Lipinski definition) is 3. The zero-order valence-corrected chi connectivity index (χ0v) is 11.8. The summed E-state index contributed by atoms with van der Waals surface area (Å²) < 4.78 is 20.0. The van der Waals surface area contributed by atoms with Gasteiger partial charge in [0, 0.05) is 12.5 Å². The van der Waals surface area contributed by atoms with Crippen molar-refractivity contribution in [3.8, 4) is 5.75 Å². The summed E-state index contributed by atoms with van der Waals surface area (Å²) in [6.07, 6.45) is 1.64. The molecule has 0 atom stereocenters. The zero-order valence-electron chi connectivity index (χ0n) is 11.8. The minimum atomic E-state index is -0.348. The molecule has 20 heavy (non-hydrogen) atoms. The van der Waals surface area contributed by atoms with Gasteiger partial charge in [0.1, 0.15) is 11.5 Å². The second kappa shape index (κ2) is 5.86. The van der Waals surface area contributed by atoms with Crippen molar-refractivity contribution < 1.29 is 13.9 Å². The van der Waals surface area contributed by atoms with E-state index in [0.717, 1.165) is 0 Å². The Hall–Kier alpha value is -2.17. The Morgan fingerprint density at radius 3 is 2.80 bits per heavy atom. The summed E-state index contributed by atoms with van der Waals surface area (Å²) >= 11 is 0. The molecule has 2 aromatic rings. The molecule has 0 saturated carbocycles. The Morgan fingerprint density at radius 1 is 1.45 bits per heavy atom. The minimum Gasteiger partial charge on any atom is -0.493 e. The molecule has 0 saturated heterocycles. The van der Waals surface area contributed by atoms with E-state index in [1.54, 1.807) is 16.8 Å². The first-order valence-corrected chi connectivity index (χ1v) is 6.42. The van der Waals surface area contributed by atoms with E-state index >= 15 is 0 Å². The zero-order chi connectivity index (χ0) is 14.7. The number of aromatic nitrogens is 2. The summed E-state index contributed by atoms with van der Waals surface area (Å²) in [5, 5.41) is 4.16. The molecule has 1 aromatic heterocycles. The summed E-state index contributed by atoms with van der Waals surface area (Å²) in [6.45, 7) is 3.87. The maximum absolute atomic E-state index is 13.2. The van der Waals surface area contributed by atoms with Crippen LogP contribution in [0, 0.1) is 5.82 Å². The molecule has 0 aliphatic heterocycles. The van der Waals surface area contributed by atoms with Crippen molar-refractivity contribution in [1.29, 1.82) is 0 Å². The van der Waals surface area contributed by atoms with Crippen LogP contribution in [0.2, 0.25) is 0 Å². The molecule has 0 radical (unpaired) electrons. The van der Waals surface area contributed by atoms with Crippen LogP contribution in [-0.2, 0) is 6.42 Å². The maximum Gasteiger partial charge on any atom is 0.189 e. The van der Waals surface area contributed by atoms with Gasteiger partial charge in [-0.15, -0.1) is 0 Å². The summed E-state index contributed by atoms with van der Waals surface area (Å²) in [5.74, 6) is -0.0432. The molecule has 0 aliphatic rings. The molecule has 0 fully saturated rings. The van der Waals surface area contributed by atoms with E-state index in [0.29, 0.717) is 17.0 Å². The number of Topliss-reactive ketones (excluding diaryl/α,β-unsaturated/α-hetero) is 1. The van der Waals surface area contributed by atoms with Crippen molar-refractivity contribution in [2.75, 3.05) is 7.11 Å². The molecule has 5 heteroatoms. The number of halogens is 1. The second-order valence-electron chi connectivity index (χ2n) is 4.83. The quantitative estimate of drug-likeness (QED) is 0.788. The molecule has 0 N–H and O–H groups in total. The fourth-order valence-electron chi connectivity index (χ4n) is 2.07. The fraction of sp³-hybridized carbons (Fsp3) is 0.333. The largest absolute Gasteiger partial charge is 0.493 e. The maximum atomic E-state index is 13.2. The smallest absolute Gasteiger partial charge is 0.189 e. The Morgan fingerprint density at radius 2 is 2.20 bits per heavy atom. The molecular formula is C15H17FN2O2. The van der Waals surface area contributed by atoms with E-state index in [1.807, 2.05) is 13.8 Å². The SMILES string of the molecule is COc1cnn(C(C)C)c1C(=O)Cc1cccc(F)c1. The number of ether oxygens (including phenoxy) is 1. The number of rotatable bonds is 5. The highest BCUT2D eigenvalue weighted by atomic mass is 19.1. The van der Waals surface area contributed by atoms with Crippen LogP contribution in [0.4, 0.5) is 4.39 Å². The third kappa shape index (κ3) is 2.87. The van der Waals surface area contributed by atoms with Gasteiger partial charge < -0.3 is 4.74 Å². The van der Waals surface area contributed by atoms with Crippen LogP contribution in [0.5, 0.6) is 5.75 Å². The monoisotopic (exact) mass is 276 g/mol. The van der Waals surface area contributed by atoms with Crippen LogP contribution in [-0.4, -0.2) is 22.7 Å². The molecule has 0 bridgehead atoms. The van der Waals surface area contributed by atoms with E-state index in [1.165, 1.54) is 25.4 Å². The number of nitrogens with zero attached hydrogens (tertiary/aromatic N) is 2. The Balaban J connectivity index is 2.31. The first kappa shape index (κ1) is 14.2. The average Bonchev–Trinajstić information content (AvgIpc) is 2.82. The van der Waals surface area contributed by atoms with Gasteiger partial charge in [-0.05, 0) is 31.5 Å². The highest BCUT2D eigenvalue weighted by molar-refractivity contribution is 5.98. The predicted octanol–water partition coefficient (Wildman–Crippen LogP) is 3.04. The first-order valence-electron chi connectivity index (χ1n) is 6.42. The van der Waals surface area contributed by atoms with Crippen molar-refractivity contribution in [3.05, 3.63) is 47.5 Å². The molecule has 1 aromatic carbocycles. The van der Waals surface area contributed by atoms with Crippen LogP contribution in [0.3, 0.4) is 0 Å². The number of carbonyl (C=O) groups is 1. The lowest BCUT2D eigenvalue weighted by molar-refractivity contribution is 0.0977. The van der Waals surface area contributed by atoms with Gasteiger partial charge in [0.05, 0.1) is 13.3 Å². The fourth-order valence-corrected chi connectivity index (χ4v) is 2.07. The Kier molecular flexibility index (Phi) is 4.17. The van der Waals surface area contributed by atoms with E-state index in [4.69, 9.17) is 4.74 Å². The molecule has 4 nitrogen and oxygen atoms in total. The van der Waals surface area contributed by atoms with Gasteiger partial charge in [-0.2, -0.15) is 5.10 Å². The van der Waals surface area contributed by atoms with Crippen LogP contribution < -0.4 is 4.74 Å². The van der Waals surface area contributed by atoms with E-state index in [-0.39, 0.29) is 24.1 Å². The molecule has 1 heterocycles. The van der Waals surface area contributed by atoms with Crippen molar-refractivity contribution >= 4 is 5.78 Å². The lowest BCUT2D eigenvalue weighted by atomic mass is 10.1. The number of carbonyl (C=O) groups excluding carboxylic acids is 1. The van der Waals surface area contributed by atoms with E-state index in [2.05, 4.69) is 5.10 Å². The van der Waals surface area contributed by atoms with Crippen molar-refractivity contribution in [3.63, 3.8) is 0 Å². The predicted molar refractivity (Wildman–Crippen MR) is 73.6 cm³/mol. The number of benzene rings is 1. The molecule has 106 valence electrons. The van der Waals surface area contributed by atoms with Gasteiger partial charge in [-0.1, -0.05) is 12.1 Å². The summed E-state index contributed by atoms with van der Waals surface area (Å²) in [7, 11) is 1.50. The molecule has 0 aliphatic carbocycles. The van der Waals surface area contributed by atoms with Crippen LogP contribution >= 0.6 is 0 Å². The summed E-state index contributed by atoms with van der Waals surface area (Å²) in [6, 6.07) is 6.08. The van der Waals surface area contributed by atoms with Crippen molar-refractivity contribution in [2.45, 2.75) is 26.3 Å². The molecule has 0 amide bonds. The lowest BCUT2D eigenvalue weighted by Gasteiger charge is -2.11. The van der Waals surface area contributed by atoms with Crippen molar-refractivity contribution in [2.24, 2.45) is 0 Å². The highest BCUT2D eigenvalue weighted by Crippen LogP contribution is 2.23. The minimum absolute atomic E-state index is 0.0466. The summed E-state index contributed by atoms with van der Waals surface area (Å²) in [4.78, 5) is 12.4. The normalized spacial score (nSPS) is 10.8. The van der Waals surface area contributed by atoms with Crippen LogP contribution in [0.15, 0.2) is 30.5 Å². The number of ketones is 1. The van der Waals surface area contributed by atoms with Crippen LogP contribution in [0.1, 0.15) is 35.9 Å². The highest BCUT2D eigenvalue weighted by Gasteiger charge is 2.21. The van der Waals surface area contributed by atoms with Gasteiger partial charge in [0.25, 0.3) is 0 Å². The van der Waals surface area contributed by atoms with Gasteiger partial charge in [-0.3, -0.25) is 9.48 Å². The van der Waals surface area contributed by atoms with Crippen molar-refractivity contribution in [1.82, 2.24) is 9.78 Å².